The Hall–Kier alpha value is -0.340. The lowest BCUT2D eigenvalue weighted by molar-refractivity contribution is 0.120. The normalized spacial score (nSPS) is 13.6. The van der Waals surface area contributed by atoms with Gasteiger partial charge in [-0.3, -0.25) is 0 Å². The van der Waals surface area contributed by atoms with E-state index in [1.165, 1.54) is 0 Å². The molecule has 0 rings (SSSR count). The number of aliphatic hydroxyl groups is 2. The molecule has 2 nitrogen and oxygen atoms in total. The van der Waals surface area contributed by atoms with Gasteiger partial charge in [0.1, 0.15) is 0 Å². The minimum absolute atomic E-state index is 0.0255. The molecule has 10 heavy (non-hydrogen) atoms. The second-order valence-corrected chi connectivity index (χ2v) is 2.43. The van der Waals surface area contributed by atoms with Gasteiger partial charge >= 0.3 is 0 Å². The molecule has 0 saturated carbocycles. The van der Waals surface area contributed by atoms with Crippen molar-refractivity contribution in [1.82, 2.24) is 0 Å². The summed E-state index contributed by atoms with van der Waals surface area (Å²) in [7, 11) is 0. The molecule has 0 aliphatic heterocycles. The minimum Gasteiger partial charge on any atom is -0.396 e. The van der Waals surface area contributed by atoms with Crippen LogP contribution in [0.5, 0.6) is 0 Å². The highest BCUT2D eigenvalue weighted by atomic mass is 16.3. The second kappa shape index (κ2) is 5.45. The van der Waals surface area contributed by atoms with Gasteiger partial charge in [0.25, 0.3) is 0 Å². The molecule has 0 saturated heterocycles. The number of rotatable bonds is 5. The van der Waals surface area contributed by atoms with E-state index in [4.69, 9.17) is 10.2 Å². The van der Waals surface area contributed by atoms with Crippen molar-refractivity contribution in [3.63, 3.8) is 0 Å². The first kappa shape index (κ1) is 9.66. The van der Waals surface area contributed by atoms with Crippen molar-refractivity contribution in [1.29, 1.82) is 0 Å². The average Bonchev–Trinajstić information content (AvgIpc) is 2.00. The van der Waals surface area contributed by atoms with Gasteiger partial charge in [-0.15, -0.1) is 6.58 Å². The molecular weight excluding hydrogens is 128 g/mol. The average molecular weight is 144 g/mol. The fourth-order valence-electron chi connectivity index (χ4n) is 1.02. The Morgan fingerprint density at radius 3 is 2.00 bits per heavy atom. The highest BCUT2D eigenvalue weighted by Gasteiger charge is 2.14. The zero-order chi connectivity index (χ0) is 7.98. The van der Waals surface area contributed by atoms with Crippen LogP contribution in [0.3, 0.4) is 0 Å². The Balaban J connectivity index is 3.81. The Labute approximate surface area is 62.2 Å². The maximum Gasteiger partial charge on any atom is 0.0486 e. The maximum atomic E-state index is 8.75. The van der Waals surface area contributed by atoms with Crippen LogP contribution < -0.4 is 0 Å². The highest BCUT2D eigenvalue weighted by Crippen LogP contribution is 2.15. The van der Waals surface area contributed by atoms with Crippen LogP contribution in [0.4, 0.5) is 0 Å². The summed E-state index contributed by atoms with van der Waals surface area (Å²) in [6.45, 7) is 5.73. The van der Waals surface area contributed by atoms with E-state index in [9.17, 15) is 0 Å². The lowest BCUT2D eigenvalue weighted by Crippen LogP contribution is -2.19. The van der Waals surface area contributed by atoms with Crippen LogP contribution in [-0.4, -0.2) is 23.4 Å². The third-order valence-corrected chi connectivity index (χ3v) is 1.85. The van der Waals surface area contributed by atoms with E-state index in [1.807, 2.05) is 6.92 Å². The first-order valence-electron chi connectivity index (χ1n) is 3.64. The molecule has 0 bridgehead atoms. The van der Waals surface area contributed by atoms with Gasteiger partial charge in [-0.2, -0.15) is 0 Å². The van der Waals surface area contributed by atoms with E-state index >= 15 is 0 Å². The third-order valence-electron chi connectivity index (χ3n) is 1.85. The van der Waals surface area contributed by atoms with Crippen LogP contribution in [0.15, 0.2) is 12.7 Å². The van der Waals surface area contributed by atoms with E-state index < -0.39 is 0 Å². The molecule has 0 radical (unpaired) electrons. The van der Waals surface area contributed by atoms with E-state index in [-0.39, 0.29) is 25.0 Å². The van der Waals surface area contributed by atoms with Crippen LogP contribution >= 0.6 is 0 Å². The summed E-state index contributed by atoms with van der Waals surface area (Å²) in [5, 5.41) is 17.5. The van der Waals surface area contributed by atoms with Crippen molar-refractivity contribution in [2.45, 2.75) is 13.3 Å². The van der Waals surface area contributed by atoms with Crippen LogP contribution in [0, 0.1) is 11.8 Å². The number of allylic oxidation sites excluding steroid dienone is 1. The van der Waals surface area contributed by atoms with E-state index in [0.29, 0.717) is 0 Å². The summed E-state index contributed by atoms with van der Waals surface area (Å²) in [4.78, 5) is 0. The molecule has 0 aliphatic carbocycles. The fraction of sp³-hybridized carbons (Fsp3) is 0.750. The van der Waals surface area contributed by atoms with Gasteiger partial charge in [0.15, 0.2) is 0 Å². The Bertz CT molecular complexity index is 87.3. The summed E-state index contributed by atoms with van der Waals surface area (Å²) in [5.74, 6) is 0.220. The molecule has 0 aromatic heterocycles. The van der Waals surface area contributed by atoms with E-state index in [1.54, 1.807) is 6.08 Å². The zero-order valence-electron chi connectivity index (χ0n) is 6.45. The molecule has 0 aliphatic rings. The van der Waals surface area contributed by atoms with E-state index in [0.717, 1.165) is 6.42 Å². The van der Waals surface area contributed by atoms with Gasteiger partial charge in [0.05, 0.1) is 0 Å². The van der Waals surface area contributed by atoms with Gasteiger partial charge < -0.3 is 10.2 Å². The topological polar surface area (TPSA) is 40.5 Å². The van der Waals surface area contributed by atoms with Crippen LogP contribution in [0.1, 0.15) is 13.3 Å². The van der Waals surface area contributed by atoms with Gasteiger partial charge in [0.2, 0.25) is 0 Å². The fourth-order valence-corrected chi connectivity index (χ4v) is 1.02. The summed E-state index contributed by atoms with van der Waals surface area (Å²) >= 11 is 0. The predicted octanol–water partition coefficient (Wildman–Crippen LogP) is 0.799. The van der Waals surface area contributed by atoms with Crippen molar-refractivity contribution in [2.75, 3.05) is 13.2 Å². The maximum absolute atomic E-state index is 8.75. The third kappa shape index (κ3) is 2.50. The summed E-state index contributed by atoms with van der Waals surface area (Å²) in [5.41, 5.74) is 0. The van der Waals surface area contributed by atoms with Crippen LogP contribution in [0.25, 0.3) is 0 Å². The first-order chi connectivity index (χ1) is 4.79. The van der Waals surface area contributed by atoms with Gasteiger partial charge in [-0.25, -0.2) is 0 Å². The lowest BCUT2D eigenvalue weighted by atomic mass is 9.92. The molecular formula is C8H16O2. The van der Waals surface area contributed by atoms with Crippen molar-refractivity contribution < 1.29 is 10.2 Å². The number of aliphatic hydroxyl groups excluding tert-OH is 2. The van der Waals surface area contributed by atoms with Crippen molar-refractivity contribution in [3.8, 4) is 0 Å². The second-order valence-electron chi connectivity index (χ2n) is 2.43. The van der Waals surface area contributed by atoms with Crippen molar-refractivity contribution in [3.05, 3.63) is 12.7 Å². The minimum atomic E-state index is -0.0255. The van der Waals surface area contributed by atoms with Gasteiger partial charge in [-0.05, 0) is 12.3 Å². The molecule has 0 aromatic rings. The molecule has 0 amide bonds. The van der Waals surface area contributed by atoms with Crippen LogP contribution in [0.2, 0.25) is 0 Å². The smallest absolute Gasteiger partial charge is 0.0486 e. The molecule has 60 valence electrons. The van der Waals surface area contributed by atoms with Gasteiger partial charge in [-0.1, -0.05) is 13.0 Å². The largest absolute Gasteiger partial charge is 0.396 e. The molecule has 1 unspecified atom stereocenters. The molecule has 0 spiro atoms. The molecule has 0 heterocycles. The lowest BCUT2D eigenvalue weighted by Gasteiger charge is -2.18. The summed E-state index contributed by atoms with van der Waals surface area (Å²) < 4.78 is 0. The summed E-state index contributed by atoms with van der Waals surface area (Å²) in [6, 6.07) is 0. The standard InChI is InChI=1S/C8H16O2/c1-3-7(4-2)8(5-9)6-10/h3,7-10H,1,4-6H2,2H3. The Morgan fingerprint density at radius 2 is 1.90 bits per heavy atom. The molecule has 0 fully saturated rings. The SMILES string of the molecule is C=CC(CC)C(CO)CO. The number of hydrogen-bond donors (Lipinski definition) is 2. The quantitative estimate of drug-likeness (QED) is 0.560. The van der Waals surface area contributed by atoms with Crippen molar-refractivity contribution in [2.24, 2.45) is 11.8 Å². The molecule has 0 aromatic carbocycles. The summed E-state index contributed by atoms with van der Waals surface area (Å²) in [6.07, 6.45) is 2.71. The van der Waals surface area contributed by atoms with Crippen LogP contribution in [-0.2, 0) is 0 Å². The first-order valence-corrected chi connectivity index (χ1v) is 3.64. The van der Waals surface area contributed by atoms with Crippen molar-refractivity contribution >= 4 is 0 Å². The molecule has 2 heteroatoms. The Morgan fingerprint density at radius 1 is 1.40 bits per heavy atom. The molecule has 2 N–H and O–H groups in total. The number of hydrogen-bond acceptors (Lipinski definition) is 2. The predicted molar refractivity (Wildman–Crippen MR) is 41.6 cm³/mol. The highest BCUT2D eigenvalue weighted by molar-refractivity contribution is 4.82. The zero-order valence-corrected chi connectivity index (χ0v) is 6.45. The van der Waals surface area contributed by atoms with E-state index in [2.05, 4.69) is 6.58 Å². The molecule has 1 atom stereocenters. The monoisotopic (exact) mass is 144 g/mol. The Kier molecular flexibility index (Phi) is 5.26. The van der Waals surface area contributed by atoms with Gasteiger partial charge in [0, 0.05) is 19.1 Å².